The number of nitrogens with one attached hydrogen (secondary N) is 3. The zero-order valence-corrected chi connectivity index (χ0v) is 30.2. The van der Waals surface area contributed by atoms with E-state index in [0.29, 0.717) is 25.7 Å². The molecule has 2 aliphatic carbocycles. The Bertz CT molecular complexity index is 1560. The van der Waals surface area contributed by atoms with Gasteiger partial charge in [-0.2, -0.15) is 0 Å². The van der Waals surface area contributed by atoms with Crippen molar-refractivity contribution < 1.29 is 32.4 Å². The molecule has 0 bridgehead atoms. The molecule has 2 heterocycles. The van der Waals surface area contributed by atoms with Gasteiger partial charge >= 0.3 is 6.03 Å². The fourth-order valence-electron chi connectivity index (χ4n) is 7.20. The number of Topliss-reactive ketones (excluding diaryl/α,β-unsaturated/α-hetero) is 1. The molecular weight excluding hydrogens is 648 g/mol. The summed E-state index contributed by atoms with van der Waals surface area (Å²) in [4.78, 5) is 72.1. The van der Waals surface area contributed by atoms with Gasteiger partial charge in [0.25, 0.3) is 5.91 Å². The number of rotatable bonds is 12. The Labute approximate surface area is 289 Å². The summed E-state index contributed by atoms with van der Waals surface area (Å²) >= 11 is 0. The molecule has 3 aliphatic rings. The van der Waals surface area contributed by atoms with Crippen LogP contribution in [0.25, 0.3) is 0 Å². The second-order valence-electron chi connectivity index (χ2n) is 15.2. The van der Waals surface area contributed by atoms with Crippen LogP contribution in [-0.2, 0) is 29.0 Å². The Balaban J connectivity index is 1.56. The average molecular weight is 701 g/mol. The number of amides is 5. The standard InChI is InChI=1S/C35H52N6O7S/c1-22(2)24-15-19-41(27(24)31(44)38-25(28(42)30(36)43)20-23-12-11-13-23)32(45)29(34(3,4)5)39-33(46)40-35(16-8-6-9-17-35)21-49(47,48)26-14-7-10-18-37-26/h7,10,14,18,23,25,27,29H,6,8-9,11-13,15-17,19-21H2,1-5H3,(H2,36,43)(H,38,44)(H2,39,40,46)/t25?,27-,29+/m0/s1. The van der Waals surface area contributed by atoms with Crippen LogP contribution in [-0.4, -0.2) is 83.8 Å². The van der Waals surface area contributed by atoms with Gasteiger partial charge in [-0.1, -0.05) is 70.9 Å². The summed E-state index contributed by atoms with van der Waals surface area (Å²) in [5.74, 6) is -3.21. The number of carbonyl (C=O) groups is 5. The molecule has 3 fully saturated rings. The molecule has 0 spiro atoms. The molecule has 14 heteroatoms. The average Bonchev–Trinajstić information content (AvgIpc) is 3.46. The van der Waals surface area contributed by atoms with E-state index >= 15 is 0 Å². The molecule has 0 radical (unpaired) electrons. The van der Waals surface area contributed by atoms with E-state index in [1.165, 1.54) is 17.2 Å². The van der Waals surface area contributed by atoms with E-state index in [0.717, 1.165) is 49.7 Å². The van der Waals surface area contributed by atoms with E-state index in [1.807, 2.05) is 13.8 Å². The summed E-state index contributed by atoms with van der Waals surface area (Å²) in [5, 5.41) is 8.46. The van der Waals surface area contributed by atoms with Crippen LogP contribution in [0.2, 0.25) is 0 Å². The fraction of sp³-hybridized carbons (Fsp3) is 0.657. The number of aromatic nitrogens is 1. The first kappa shape index (κ1) is 38.0. The van der Waals surface area contributed by atoms with Crippen molar-refractivity contribution in [1.82, 2.24) is 25.8 Å². The molecule has 3 atom stereocenters. The van der Waals surface area contributed by atoms with Crippen LogP contribution < -0.4 is 21.7 Å². The molecule has 1 aromatic heterocycles. The van der Waals surface area contributed by atoms with Crippen molar-refractivity contribution in [1.29, 1.82) is 0 Å². The van der Waals surface area contributed by atoms with E-state index < -0.39 is 68.5 Å². The number of pyridine rings is 1. The summed E-state index contributed by atoms with van der Waals surface area (Å²) in [7, 11) is -3.84. The molecule has 2 saturated carbocycles. The van der Waals surface area contributed by atoms with Crippen molar-refractivity contribution in [2.75, 3.05) is 12.3 Å². The molecule has 1 aliphatic heterocycles. The first-order valence-electron chi connectivity index (χ1n) is 17.3. The maximum absolute atomic E-state index is 14.4. The van der Waals surface area contributed by atoms with Gasteiger partial charge in [0, 0.05) is 12.7 Å². The number of allylic oxidation sites excluding steroid dienone is 1. The largest absolute Gasteiger partial charge is 0.363 e. The van der Waals surface area contributed by atoms with Crippen molar-refractivity contribution in [2.24, 2.45) is 17.1 Å². The van der Waals surface area contributed by atoms with Gasteiger partial charge in [0.05, 0.1) is 17.3 Å². The lowest BCUT2D eigenvalue weighted by Gasteiger charge is -2.40. The quantitative estimate of drug-likeness (QED) is 0.189. The van der Waals surface area contributed by atoms with Gasteiger partial charge < -0.3 is 26.6 Å². The number of sulfone groups is 1. The number of hydrogen-bond donors (Lipinski definition) is 4. The number of ketones is 1. The zero-order valence-electron chi connectivity index (χ0n) is 29.3. The summed E-state index contributed by atoms with van der Waals surface area (Å²) in [6.07, 6.45) is 8.20. The number of carbonyl (C=O) groups excluding carboxylic acids is 5. The third-order valence-corrected chi connectivity index (χ3v) is 11.9. The minimum absolute atomic E-state index is 0.0641. The Morgan fingerprint density at radius 1 is 1.02 bits per heavy atom. The molecule has 4 rings (SSSR count). The van der Waals surface area contributed by atoms with Crippen molar-refractivity contribution in [3.05, 3.63) is 35.5 Å². The Morgan fingerprint density at radius 3 is 2.22 bits per heavy atom. The summed E-state index contributed by atoms with van der Waals surface area (Å²) in [6, 6.07) is 0.750. The minimum atomic E-state index is -3.84. The number of nitrogens with two attached hydrogens (primary N) is 1. The van der Waals surface area contributed by atoms with Crippen LogP contribution in [0.3, 0.4) is 0 Å². The van der Waals surface area contributed by atoms with Gasteiger partial charge in [-0.15, -0.1) is 0 Å². The third-order valence-electron chi connectivity index (χ3n) is 10.1. The summed E-state index contributed by atoms with van der Waals surface area (Å²) in [5.41, 5.74) is 5.03. The summed E-state index contributed by atoms with van der Waals surface area (Å²) in [6.45, 7) is 9.29. The van der Waals surface area contributed by atoms with Crippen molar-refractivity contribution in [3.8, 4) is 0 Å². The molecule has 49 heavy (non-hydrogen) atoms. The Morgan fingerprint density at radius 2 is 1.69 bits per heavy atom. The molecule has 0 aromatic carbocycles. The lowest BCUT2D eigenvalue weighted by atomic mass is 9.80. The van der Waals surface area contributed by atoms with Crippen LogP contribution in [0.5, 0.6) is 0 Å². The first-order valence-corrected chi connectivity index (χ1v) is 18.9. The maximum atomic E-state index is 14.4. The smallest absolute Gasteiger partial charge is 0.315 e. The normalized spacial score (nSPS) is 20.8. The minimum Gasteiger partial charge on any atom is -0.363 e. The predicted molar refractivity (Wildman–Crippen MR) is 184 cm³/mol. The number of nitrogens with zero attached hydrogens (tertiary/aromatic N) is 2. The lowest BCUT2D eigenvalue weighted by molar-refractivity contribution is -0.143. The SMILES string of the molecule is CC(C)=C1CCN(C(=O)[C@@H](NC(=O)NC2(CS(=O)(=O)c3ccccn3)CCCCC2)C(C)(C)C)[C@@H]1C(=O)NC(CC1CCC1)C(=O)C(N)=O. The molecule has 1 unspecified atom stereocenters. The van der Waals surface area contributed by atoms with E-state index in [2.05, 4.69) is 20.9 Å². The van der Waals surface area contributed by atoms with Crippen LogP contribution in [0, 0.1) is 11.3 Å². The van der Waals surface area contributed by atoms with E-state index in [4.69, 9.17) is 5.73 Å². The van der Waals surface area contributed by atoms with Gasteiger partial charge in [-0.25, -0.2) is 18.2 Å². The molecular formula is C35H52N6O7S. The highest BCUT2D eigenvalue weighted by Crippen LogP contribution is 2.34. The third kappa shape index (κ3) is 9.25. The van der Waals surface area contributed by atoms with Crippen LogP contribution in [0.4, 0.5) is 4.79 Å². The molecule has 13 nitrogen and oxygen atoms in total. The summed E-state index contributed by atoms with van der Waals surface area (Å²) < 4.78 is 26.8. The van der Waals surface area contributed by atoms with E-state index in [-0.39, 0.29) is 23.2 Å². The lowest BCUT2D eigenvalue weighted by Crippen LogP contribution is -2.63. The van der Waals surface area contributed by atoms with Crippen LogP contribution >= 0.6 is 0 Å². The van der Waals surface area contributed by atoms with Gasteiger partial charge in [0.1, 0.15) is 12.1 Å². The molecule has 5 amide bonds. The zero-order chi connectivity index (χ0) is 36.1. The first-order chi connectivity index (χ1) is 22.9. The number of hydrogen-bond acceptors (Lipinski definition) is 8. The fourth-order valence-corrected chi connectivity index (χ4v) is 8.94. The topological polar surface area (TPSA) is 198 Å². The van der Waals surface area contributed by atoms with Gasteiger partial charge in [0.15, 0.2) is 14.9 Å². The van der Waals surface area contributed by atoms with E-state index in [9.17, 15) is 32.4 Å². The van der Waals surface area contributed by atoms with Crippen molar-refractivity contribution in [2.45, 2.75) is 128 Å². The molecule has 270 valence electrons. The second kappa shape index (κ2) is 15.4. The number of primary amides is 1. The van der Waals surface area contributed by atoms with Gasteiger partial charge in [-0.05, 0) is 68.6 Å². The van der Waals surface area contributed by atoms with Crippen LogP contribution in [0.15, 0.2) is 40.6 Å². The maximum Gasteiger partial charge on any atom is 0.315 e. The van der Waals surface area contributed by atoms with E-state index in [1.54, 1.807) is 32.9 Å². The Hall–Kier alpha value is -3.81. The monoisotopic (exact) mass is 700 g/mol. The number of likely N-dealkylation sites (tertiary alicyclic amines) is 1. The van der Waals surface area contributed by atoms with Crippen LogP contribution in [0.1, 0.15) is 98.8 Å². The van der Waals surface area contributed by atoms with Gasteiger partial charge in [0.2, 0.25) is 17.6 Å². The molecule has 1 saturated heterocycles. The highest BCUT2D eigenvalue weighted by Gasteiger charge is 2.46. The van der Waals surface area contributed by atoms with Crippen molar-refractivity contribution in [3.63, 3.8) is 0 Å². The Kier molecular flexibility index (Phi) is 11.9. The van der Waals surface area contributed by atoms with Crippen molar-refractivity contribution >= 4 is 39.4 Å². The second-order valence-corrected chi connectivity index (χ2v) is 17.1. The highest BCUT2D eigenvalue weighted by atomic mass is 32.2. The molecule has 1 aromatic rings. The number of urea groups is 1. The molecule has 5 N–H and O–H groups in total. The highest BCUT2D eigenvalue weighted by molar-refractivity contribution is 7.91. The predicted octanol–water partition coefficient (Wildman–Crippen LogP) is 2.94. The van der Waals surface area contributed by atoms with Gasteiger partial charge in [-0.3, -0.25) is 19.2 Å².